The van der Waals surface area contributed by atoms with Crippen LogP contribution in [0.2, 0.25) is 0 Å². The van der Waals surface area contributed by atoms with E-state index in [1.54, 1.807) is 0 Å². The molecule has 0 aliphatic heterocycles. The summed E-state index contributed by atoms with van der Waals surface area (Å²) < 4.78 is 61.6. The third-order valence-electron chi connectivity index (χ3n) is 3.12. The van der Waals surface area contributed by atoms with Crippen molar-refractivity contribution in [2.45, 2.75) is 29.2 Å². The summed E-state index contributed by atoms with van der Waals surface area (Å²) in [5.74, 6) is 0.0792. The molecule has 0 N–H and O–H groups in total. The molecule has 0 amide bonds. The number of benzene rings is 1. The Kier molecular flexibility index (Phi) is 3.17. The molecule has 0 saturated heterocycles. The minimum absolute atomic E-state index is 0.0792. The fraction of sp³-hybridized carbons (Fsp3) is 0.417. The highest BCUT2D eigenvalue weighted by Crippen LogP contribution is 2.37. The second kappa shape index (κ2) is 4.26. The maximum atomic E-state index is 12.5. The maximum absolute atomic E-state index is 12.5. The van der Waals surface area contributed by atoms with Gasteiger partial charge >= 0.3 is 6.18 Å². The molecular formula is C12H12F3O2S. The lowest BCUT2D eigenvalue weighted by Gasteiger charge is -2.32. The van der Waals surface area contributed by atoms with E-state index in [0.717, 1.165) is 12.1 Å². The molecule has 1 aromatic carbocycles. The summed E-state index contributed by atoms with van der Waals surface area (Å²) in [6.45, 7) is 3.71. The molecule has 1 fully saturated rings. The number of hydrogen-bond acceptors (Lipinski definition) is 2. The van der Waals surface area contributed by atoms with Gasteiger partial charge < -0.3 is 0 Å². The smallest absolute Gasteiger partial charge is 0.223 e. The van der Waals surface area contributed by atoms with Gasteiger partial charge in [0.25, 0.3) is 0 Å². The van der Waals surface area contributed by atoms with Gasteiger partial charge in [-0.15, -0.1) is 0 Å². The predicted octanol–water partition coefficient (Wildman–Crippen LogP) is 3.09. The molecule has 2 nitrogen and oxygen atoms in total. The number of rotatable bonds is 2. The Balaban J connectivity index is 2.34. The van der Waals surface area contributed by atoms with Crippen LogP contribution in [0.5, 0.6) is 0 Å². The van der Waals surface area contributed by atoms with Crippen LogP contribution in [-0.4, -0.2) is 13.7 Å². The first-order valence-corrected chi connectivity index (χ1v) is 7.00. The lowest BCUT2D eigenvalue weighted by Crippen LogP contribution is -2.34. The van der Waals surface area contributed by atoms with Gasteiger partial charge in [0.15, 0.2) is 9.84 Å². The molecule has 0 heterocycles. The Morgan fingerprint density at radius 3 is 2.33 bits per heavy atom. The van der Waals surface area contributed by atoms with E-state index in [2.05, 4.69) is 6.92 Å². The second-order valence-corrected chi connectivity index (χ2v) is 6.76. The van der Waals surface area contributed by atoms with Crippen LogP contribution in [0.3, 0.4) is 0 Å². The second-order valence-electron chi connectivity index (χ2n) is 4.53. The minimum atomic E-state index is -4.53. The molecule has 99 valence electrons. The molecule has 0 bridgehead atoms. The molecule has 2 rings (SSSR count). The fourth-order valence-corrected chi connectivity index (χ4v) is 3.97. The Labute approximate surface area is 104 Å². The fourth-order valence-electron chi connectivity index (χ4n) is 1.97. The van der Waals surface area contributed by atoms with Crippen LogP contribution in [0.15, 0.2) is 29.2 Å². The summed E-state index contributed by atoms with van der Waals surface area (Å²) >= 11 is 0. The van der Waals surface area contributed by atoms with Crippen molar-refractivity contribution in [3.8, 4) is 0 Å². The van der Waals surface area contributed by atoms with Crippen LogP contribution in [-0.2, 0) is 16.0 Å². The number of hydrogen-bond donors (Lipinski definition) is 0. The van der Waals surface area contributed by atoms with Gasteiger partial charge in [0, 0.05) is 0 Å². The molecule has 18 heavy (non-hydrogen) atoms. The van der Waals surface area contributed by atoms with Crippen LogP contribution in [0.25, 0.3) is 0 Å². The topological polar surface area (TPSA) is 34.1 Å². The number of alkyl halides is 3. The van der Waals surface area contributed by atoms with Crippen LogP contribution < -0.4 is 0 Å². The normalized spacial score (nSPS) is 24.7. The van der Waals surface area contributed by atoms with E-state index in [4.69, 9.17) is 0 Å². The van der Waals surface area contributed by atoms with Crippen LogP contribution in [0.4, 0.5) is 13.2 Å². The predicted molar refractivity (Wildman–Crippen MR) is 60.5 cm³/mol. The average Bonchev–Trinajstić information content (AvgIpc) is 2.24. The minimum Gasteiger partial charge on any atom is -0.223 e. The summed E-state index contributed by atoms with van der Waals surface area (Å²) in [6, 6.07) is 3.90. The van der Waals surface area contributed by atoms with E-state index in [-0.39, 0.29) is 10.8 Å². The van der Waals surface area contributed by atoms with Crippen LogP contribution in [0, 0.1) is 12.8 Å². The highest BCUT2D eigenvalue weighted by molar-refractivity contribution is 7.92. The highest BCUT2D eigenvalue weighted by Gasteiger charge is 2.38. The van der Waals surface area contributed by atoms with Crippen LogP contribution in [0.1, 0.15) is 18.4 Å². The van der Waals surface area contributed by atoms with E-state index < -0.39 is 26.8 Å². The zero-order valence-electron chi connectivity index (χ0n) is 9.44. The van der Waals surface area contributed by atoms with E-state index in [1.807, 2.05) is 0 Å². The maximum Gasteiger partial charge on any atom is 0.416 e. The molecular weight excluding hydrogens is 265 g/mol. The molecule has 1 aliphatic rings. The molecule has 0 atom stereocenters. The zero-order valence-corrected chi connectivity index (χ0v) is 10.3. The standard InChI is InChI=1S/C12H12F3O2S/c1-8-5-11(6-8)18(16,17)10-4-2-3-9(7-10)12(13,14)15/h2-4,7-8,11H,1,5-6H2. The van der Waals surface area contributed by atoms with Crippen molar-refractivity contribution in [1.29, 1.82) is 0 Å². The Hall–Kier alpha value is -1.04. The SMILES string of the molecule is [CH2]C1CC(S(=O)(=O)c2cccc(C(F)(F)F)c2)C1. The van der Waals surface area contributed by atoms with Crippen molar-refractivity contribution in [1.82, 2.24) is 0 Å². The molecule has 1 aliphatic carbocycles. The van der Waals surface area contributed by atoms with Gasteiger partial charge in [0.1, 0.15) is 0 Å². The van der Waals surface area contributed by atoms with Crippen molar-refractivity contribution in [3.05, 3.63) is 36.8 Å². The lowest BCUT2D eigenvalue weighted by atomic mass is 9.87. The highest BCUT2D eigenvalue weighted by atomic mass is 32.2. The van der Waals surface area contributed by atoms with E-state index in [0.29, 0.717) is 18.9 Å². The quantitative estimate of drug-likeness (QED) is 0.832. The summed E-state index contributed by atoms with van der Waals surface area (Å²) in [4.78, 5) is -0.255. The third kappa shape index (κ3) is 2.39. The van der Waals surface area contributed by atoms with E-state index >= 15 is 0 Å². The Morgan fingerprint density at radius 2 is 1.83 bits per heavy atom. The summed E-state index contributed by atoms with van der Waals surface area (Å²) in [5.41, 5.74) is -0.936. The van der Waals surface area contributed by atoms with Crippen molar-refractivity contribution >= 4 is 9.84 Å². The number of sulfone groups is 1. The van der Waals surface area contributed by atoms with Crippen molar-refractivity contribution < 1.29 is 21.6 Å². The molecule has 6 heteroatoms. The summed E-state index contributed by atoms with van der Waals surface area (Å²) in [7, 11) is -3.66. The van der Waals surface area contributed by atoms with Gasteiger partial charge in [0.2, 0.25) is 0 Å². The van der Waals surface area contributed by atoms with Crippen molar-refractivity contribution in [2.75, 3.05) is 0 Å². The Morgan fingerprint density at radius 1 is 1.22 bits per heavy atom. The monoisotopic (exact) mass is 277 g/mol. The zero-order chi connectivity index (χ0) is 13.6. The lowest BCUT2D eigenvalue weighted by molar-refractivity contribution is -0.137. The van der Waals surface area contributed by atoms with Crippen molar-refractivity contribution in [2.24, 2.45) is 5.92 Å². The summed E-state index contributed by atoms with van der Waals surface area (Å²) in [6.07, 6.45) is -3.70. The van der Waals surface area contributed by atoms with E-state index in [1.165, 1.54) is 6.07 Å². The van der Waals surface area contributed by atoms with Gasteiger partial charge in [0.05, 0.1) is 15.7 Å². The van der Waals surface area contributed by atoms with Gasteiger partial charge in [-0.05, 0) is 37.0 Å². The number of halogens is 3. The first kappa shape index (κ1) is 13.4. The van der Waals surface area contributed by atoms with Gasteiger partial charge in [-0.3, -0.25) is 0 Å². The Bertz CT molecular complexity index is 543. The molecule has 1 radical (unpaired) electrons. The van der Waals surface area contributed by atoms with Gasteiger partial charge in [-0.2, -0.15) is 13.2 Å². The van der Waals surface area contributed by atoms with Gasteiger partial charge in [-0.25, -0.2) is 8.42 Å². The molecule has 0 spiro atoms. The average molecular weight is 277 g/mol. The van der Waals surface area contributed by atoms with E-state index in [9.17, 15) is 21.6 Å². The first-order chi connectivity index (χ1) is 8.21. The van der Waals surface area contributed by atoms with Gasteiger partial charge in [-0.1, -0.05) is 13.0 Å². The molecule has 1 saturated carbocycles. The first-order valence-electron chi connectivity index (χ1n) is 5.45. The van der Waals surface area contributed by atoms with Crippen molar-refractivity contribution in [3.63, 3.8) is 0 Å². The largest absolute Gasteiger partial charge is 0.416 e. The molecule has 1 aromatic rings. The summed E-state index contributed by atoms with van der Waals surface area (Å²) in [5, 5.41) is -0.594. The van der Waals surface area contributed by atoms with Crippen LogP contribution >= 0.6 is 0 Å². The molecule has 0 aromatic heterocycles. The molecule has 0 unspecified atom stereocenters. The third-order valence-corrected chi connectivity index (χ3v) is 5.29.